The topological polar surface area (TPSA) is 106 Å². The standard InChI is InChI=1S/C11H14N4O3/c12-11-10-6(1-2-13-11)14-5-15(10)9-3-7(17)8(4-16)18-9/h1-2,5,7-9,16-17H,3-4H2,(H2,12,13)/t7-,8+,9+/m0/s1. The molecule has 2 aromatic heterocycles. The van der Waals surface area contributed by atoms with Gasteiger partial charge in [0.05, 0.1) is 24.6 Å². The number of imidazole rings is 1. The average molecular weight is 250 g/mol. The van der Waals surface area contributed by atoms with Crippen molar-refractivity contribution in [2.24, 2.45) is 0 Å². The van der Waals surface area contributed by atoms with Crippen LogP contribution < -0.4 is 5.73 Å². The van der Waals surface area contributed by atoms with Gasteiger partial charge in [-0.25, -0.2) is 9.97 Å². The molecule has 1 aliphatic rings. The van der Waals surface area contributed by atoms with Crippen molar-refractivity contribution >= 4 is 16.9 Å². The number of hydrogen-bond acceptors (Lipinski definition) is 6. The third-order valence-corrected chi connectivity index (χ3v) is 3.21. The number of anilines is 1. The van der Waals surface area contributed by atoms with E-state index in [9.17, 15) is 5.11 Å². The van der Waals surface area contributed by atoms with Gasteiger partial charge in [0.1, 0.15) is 23.7 Å². The summed E-state index contributed by atoms with van der Waals surface area (Å²) in [6.45, 7) is -0.210. The fourth-order valence-electron chi connectivity index (χ4n) is 2.28. The number of fused-ring (bicyclic) bond motifs is 1. The lowest BCUT2D eigenvalue weighted by Crippen LogP contribution is -2.24. The van der Waals surface area contributed by atoms with E-state index in [1.807, 2.05) is 0 Å². The first-order valence-corrected chi connectivity index (χ1v) is 5.72. The summed E-state index contributed by atoms with van der Waals surface area (Å²) >= 11 is 0. The fourth-order valence-corrected chi connectivity index (χ4v) is 2.28. The molecule has 0 radical (unpaired) electrons. The van der Waals surface area contributed by atoms with Gasteiger partial charge in [0.25, 0.3) is 0 Å². The van der Waals surface area contributed by atoms with E-state index in [1.54, 1.807) is 23.2 Å². The van der Waals surface area contributed by atoms with Crippen molar-refractivity contribution in [1.29, 1.82) is 0 Å². The molecule has 96 valence electrons. The van der Waals surface area contributed by atoms with Crippen LogP contribution in [0.4, 0.5) is 5.82 Å². The molecule has 4 N–H and O–H groups in total. The van der Waals surface area contributed by atoms with E-state index in [1.165, 1.54) is 0 Å². The predicted octanol–water partition coefficient (Wildman–Crippen LogP) is -0.346. The van der Waals surface area contributed by atoms with E-state index < -0.39 is 12.2 Å². The van der Waals surface area contributed by atoms with Gasteiger partial charge in [-0.3, -0.25) is 0 Å². The van der Waals surface area contributed by atoms with Crippen LogP contribution >= 0.6 is 0 Å². The first kappa shape index (κ1) is 11.4. The Hall–Kier alpha value is -1.70. The molecule has 1 fully saturated rings. The minimum absolute atomic E-state index is 0.210. The Balaban J connectivity index is 2.01. The number of aliphatic hydroxyl groups is 2. The summed E-state index contributed by atoms with van der Waals surface area (Å²) in [7, 11) is 0. The highest BCUT2D eigenvalue weighted by Gasteiger charge is 2.35. The van der Waals surface area contributed by atoms with Crippen LogP contribution in [-0.4, -0.2) is 43.6 Å². The van der Waals surface area contributed by atoms with Gasteiger partial charge in [-0.15, -0.1) is 0 Å². The highest BCUT2D eigenvalue weighted by Crippen LogP contribution is 2.32. The number of nitrogens with two attached hydrogens (primary N) is 1. The van der Waals surface area contributed by atoms with Crippen LogP contribution in [0.1, 0.15) is 12.6 Å². The van der Waals surface area contributed by atoms with Gasteiger partial charge < -0.3 is 25.3 Å². The third kappa shape index (κ3) is 1.64. The zero-order valence-electron chi connectivity index (χ0n) is 9.60. The lowest BCUT2D eigenvalue weighted by Gasteiger charge is -2.14. The Morgan fingerprint density at radius 2 is 2.33 bits per heavy atom. The Labute approximate surface area is 103 Å². The van der Waals surface area contributed by atoms with Crippen molar-refractivity contribution in [2.45, 2.75) is 24.9 Å². The molecule has 3 heterocycles. The minimum Gasteiger partial charge on any atom is -0.394 e. The molecule has 0 amide bonds. The highest BCUT2D eigenvalue weighted by atomic mass is 16.5. The molecule has 18 heavy (non-hydrogen) atoms. The maximum atomic E-state index is 9.73. The second-order valence-corrected chi connectivity index (χ2v) is 4.33. The van der Waals surface area contributed by atoms with E-state index in [2.05, 4.69) is 9.97 Å². The number of rotatable bonds is 2. The van der Waals surface area contributed by atoms with Crippen LogP contribution in [0.25, 0.3) is 11.0 Å². The second kappa shape index (κ2) is 4.20. The van der Waals surface area contributed by atoms with E-state index in [0.29, 0.717) is 17.8 Å². The molecule has 0 aliphatic carbocycles. The van der Waals surface area contributed by atoms with Crippen LogP contribution in [0, 0.1) is 0 Å². The Bertz CT molecular complexity index is 570. The van der Waals surface area contributed by atoms with Gasteiger partial charge in [0.2, 0.25) is 0 Å². The molecule has 7 nitrogen and oxygen atoms in total. The number of aliphatic hydroxyl groups excluding tert-OH is 2. The smallest absolute Gasteiger partial charge is 0.149 e. The van der Waals surface area contributed by atoms with Crippen molar-refractivity contribution in [3.05, 3.63) is 18.6 Å². The molecule has 3 atom stereocenters. The van der Waals surface area contributed by atoms with Crippen LogP contribution in [0.5, 0.6) is 0 Å². The molecular weight excluding hydrogens is 236 g/mol. The lowest BCUT2D eigenvalue weighted by molar-refractivity contribution is -0.0430. The summed E-state index contributed by atoms with van der Waals surface area (Å²) in [6.07, 6.45) is 1.97. The molecule has 0 aromatic carbocycles. The third-order valence-electron chi connectivity index (χ3n) is 3.21. The molecule has 0 saturated carbocycles. The summed E-state index contributed by atoms with van der Waals surface area (Å²) in [6, 6.07) is 1.76. The molecule has 3 rings (SSSR count). The zero-order valence-corrected chi connectivity index (χ0v) is 9.60. The summed E-state index contributed by atoms with van der Waals surface area (Å²) < 4.78 is 7.32. The average Bonchev–Trinajstić information content (AvgIpc) is 2.93. The molecule has 0 unspecified atom stereocenters. The summed E-state index contributed by atoms with van der Waals surface area (Å²) in [4.78, 5) is 8.24. The van der Waals surface area contributed by atoms with Crippen LogP contribution in [0.3, 0.4) is 0 Å². The van der Waals surface area contributed by atoms with Gasteiger partial charge in [0.15, 0.2) is 0 Å². The van der Waals surface area contributed by atoms with Crippen LogP contribution in [0.15, 0.2) is 18.6 Å². The quantitative estimate of drug-likeness (QED) is 0.673. The van der Waals surface area contributed by atoms with Crippen LogP contribution in [0.2, 0.25) is 0 Å². The number of ether oxygens (including phenoxy) is 1. The van der Waals surface area contributed by atoms with Crippen molar-refractivity contribution in [1.82, 2.24) is 14.5 Å². The fraction of sp³-hybridized carbons (Fsp3) is 0.455. The molecule has 1 saturated heterocycles. The number of hydrogen-bond donors (Lipinski definition) is 3. The van der Waals surface area contributed by atoms with Crippen molar-refractivity contribution in [3.63, 3.8) is 0 Å². The summed E-state index contributed by atoms with van der Waals surface area (Å²) in [5, 5.41) is 18.8. The first-order chi connectivity index (χ1) is 8.70. The van der Waals surface area contributed by atoms with Crippen LogP contribution in [-0.2, 0) is 4.74 Å². The zero-order chi connectivity index (χ0) is 12.7. The molecular formula is C11H14N4O3. The SMILES string of the molecule is Nc1nccc2ncn([C@H]3C[C@H](O)[C@@H](CO)O3)c12. The van der Waals surface area contributed by atoms with Gasteiger partial charge >= 0.3 is 0 Å². The van der Waals surface area contributed by atoms with Crippen molar-refractivity contribution < 1.29 is 14.9 Å². The number of aromatic nitrogens is 3. The number of nitrogen functional groups attached to an aromatic ring is 1. The lowest BCUT2D eigenvalue weighted by atomic mass is 10.2. The maximum absolute atomic E-state index is 9.73. The normalized spacial score (nSPS) is 28.0. The largest absolute Gasteiger partial charge is 0.394 e. The van der Waals surface area contributed by atoms with Gasteiger partial charge in [-0.1, -0.05) is 0 Å². The molecule has 0 bridgehead atoms. The van der Waals surface area contributed by atoms with Crippen molar-refractivity contribution in [3.8, 4) is 0 Å². The first-order valence-electron chi connectivity index (χ1n) is 5.72. The number of nitrogens with zero attached hydrogens (tertiary/aromatic N) is 3. The molecule has 2 aromatic rings. The Kier molecular flexibility index (Phi) is 2.66. The van der Waals surface area contributed by atoms with E-state index in [0.717, 1.165) is 5.52 Å². The monoisotopic (exact) mass is 250 g/mol. The Morgan fingerprint density at radius 3 is 3.06 bits per heavy atom. The predicted molar refractivity (Wildman–Crippen MR) is 63.6 cm³/mol. The van der Waals surface area contributed by atoms with E-state index in [-0.39, 0.29) is 12.8 Å². The van der Waals surface area contributed by atoms with Gasteiger partial charge in [-0.2, -0.15) is 0 Å². The Morgan fingerprint density at radius 1 is 1.50 bits per heavy atom. The summed E-state index contributed by atoms with van der Waals surface area (Å²) in [5.74, 6) is 0.371. The van der Waals surface area contributed by atoms with Gasteiger partial charge in [-0.05, 0) is 6.07 Å². The molecule has 0 spiro atoms. The number of pyridine rings is 1. The van der Waals surface area contributed by atoms with Crippen molar-refractivity contribution in [2.75, 3.05) is 12.3 Å². The minimum atomic E-state index is -0.685. The molecule has 1 aliphatic heterocycles. The second-order valence-electron chi connectivity index (χ2n) is 4.33. The van der Waals surface area contributed by atoms with E-state index >= 15 is 0 Å². The molecule has 7 heteroatoms. The van der Waals surface area contributed by atoms with Gasteiger partial charge in [0, 0.05) is 12.6 Å². The highest BCUT2D eigenvalue weighted by molar-refractivity contribution is 5.84. The van der Waals surface area contributed by atoms with E-state index in [4.69, 9.17) is 15.6 Å². The maximum Gasteiger partial charge on any atom is 0.149 e. The summed E-state index contributed by atoms with van der Waals surface area (Å²) in [5.41, 5.74) is 7.25.